The number of carboxylic acid groups (broad SMARTS) is 1. The molecule has 1 aliphatic rings. The zero-order valence-corrected chi connectivity index (χ0v) is 19.2. The molecule has 35 heavy (non-hydrogen) atoms. The molecule has 1 aliphatic carbocycles. The van der Waals surface area contributed by atoms with Gasteiger partial charge in [-0.3, -0.25) is 4.79 Å². The number of aromatic carboxylic acids is 1. The van der Waals surface area contributed by atoms with Crippen LogP contribution in [-0.2, 0) is 9.53 Å². The van der Waals surface area contributed by atoms with Crippen molar-refractivity contribution in [3.63, 3.8) is 0 Å². The standard InChI is InChI=1S/C27H26N2O6/c1-2-16(25(31)29-24-12-11-17(30)13-22(24)26(32)33)14-28-27(34)35-15-23-20-9-5-3-7-18(20)19-8-4-6-10-21(19)23/h3-13,16,23,30H,2,14-15H2,1H3,(H,28,34)(H,29,31)(H,32,33). The number of alkyl carbamates (subject to hydrolysis) is 1. The summed E-state index contributed by atoms with van der Waals surface area (Å²) in [6, 6.07) is 19.8. The third-order valence-corrected chi connectivity index (χ3v) is 6.19. The number of benzene rings is 3. The Morgan fingerprint density at radius 3 is 2.20 bits per heavy atom. The number of rotatable bonds is 8. The van der Waals surface area contributed by atoms with Gasteiger partial charge in [0.1, 0.15) is 12.4 Å². The Balaban J connectivity index is 1.35. The summed E-state index contributed by atoms with van der Waals surface area (Å²) >= 11 is 0. The van der Waals surface area contributed by atoms with E-state index in [1.54, 1.807) is 6.92 Å². The Morgan fingerprint density at radius 1 is 0.971 bits per heavy atom. The number of phenolic OH excluding ortho intramolecular Hbond substituents is 1. The minimum atomic E-state index is -1.28. The maximum atomic E-state index is 12.7. The Hall–Kier alpha value is -4.33. The van der Waals surface area contributed by atoms with Crippen molar-refractivity contribution in [1.82, 2.24) is 5.32 Å². The number of nitrogens with one attached hydrogen (secondary N) is 2. The number of aromatic hydroxyl groups is 1. The number of ether oxygens (including phenoxy) is 1. The predicted molar refractivity (Wildman–Crippen MR) is 131 cm³/mol. The Morgan fingerprint density at radius 2 is 1.60 bits per heavy atom. The lowest BCUT2D eigenvalue weighted by Crippen LogP contribution is -2.36. The summed E-state index contributed by atoms with van der Waals surface area (Å²) in [5.41, 5.74) is 4.33. The number of anilines is 1. The molecule has 1 unspecified atom stereocenters. The fourth-order valence-electron chi connectivity index (χ4n) is 4.33. The lowest BCUT2D eigenvalue weighted by molar-refractivity contribution is -0.119. The van der Waals surface area contributed by atoms with Crippen LogP contribution >= 0.6 is 0 Å². The van der Waals surface area contributed by atoms with Gasteiger partial charge in [-0.1, -0.05) is 55.5 Å². The molecule has 0 bridgehead atoms. The van der Waals surface area contributed by atoms with Crippen molar-refractivity contribution in [2.24, 2.45) is 5.92 Å². The molecule has 0 aliphatic heterocycles. The molecule has 0 saturated heterocycles. The fourth-order valence-corrected chi connectivity index (χ4v) is 4.33. The molecule has 1 atom stereocenters. The second-order valence-corrected chi connectivity index (χ2v) is 8.34. The van der Waals surface area contributed by atoms with E-state index in [9.17, 15) is 24.6 Å². The first-order valence-electron chi connectivity index (χ1n) is 11.3. The van der Waals surface area contributed by atoms with E-state index in [-0.39, 0.29) is 36.1 Å². The van der Waals surface area contributed by atoms with Gasteiger partial charge < -0.3 is 25.6 Å². The Kier molecular flexibility index (Phi) is 7.01. The van der Waals surface area contributed by atoms with Gasteiger partial charge in [0.25, 0.3) is 0 Å². The molecule has 0 heterocycles. The molecule has 0 radical (unpaired) electrons. The third kappa shape index (κ3) is 5.11. The summed E-state index contributed by atoms with van der Waals surface area (Å²) in [5, 5.41) is 24.0. The van der Waals surface area contributed by atoms with Crippen LogP contribution in [0.1, 0.15) is 40.7 Å². The number of amides is 2. The first-order chi connectivity index (χ1) is 16.9. The largest absolute Gasteiger partial charge is 0.508 e. The highest BCUT2D eigenvalue weighted by Crippen LogP contribution is 2.44. The van der Waals surface area contributed by atoms with Crippen molar-refractivity contribution in [2.75, 3.05) is 18.5 Å². The van der Waals surface area contributed by atoms with Gasteiger partial charge in [-0.15, -0.1) is 0 Å². The fraction of sp³-hybridized carbons (Fsp3) is 0.222. The van der Waals surface area contributed by atoms with E-state index in [1.165, 1.54) is 12.1 Å². The zero-order chi connectivity index (χ0) is 24.9. The van der Waals surface area contributed by atoms with Crippen LogP contribution in [0.25, 0.3) is 11.1 Å². The minimum Gasteiger partial charge on any atom is -0.508 e. The molecule has 0 fully saturated rings. The van der Waals surface area contributed by atoms with Crippen LogP contribution in [0, 0.1) is 5.92 Å². The van der Waals surface area contributed by atoms with Gasteiger partial charge in [0.15, 0.2) is 0 Å². The van der Waals surface area contributed by atoms with E-state index in [2.05, 4.69) is 22.8 Å². The second kappa shape index (κ2) is 10.3. The first kappa shape index (κ1) is 23.8. The van der Waals surface area contributed by atoms with Gasteiger partial charge in [-0.2, -0.15) is 0 Å². The van der Waals surface area contributed by atoms with Crippen LogP contribution in [0.15, 0.2) is 66.7 Å². The van der Waals surface area contributed by atoms with E-state index in [1.807, 2.05) is 36.4 Å². The van der Waals surface area contributed by atoms with Crippen LogP contribution < -0.4 is 10.6 Å². The molecule has 8 nitrogen and oxygen atoms in total. The normalized spacial score (nSPS) is 12.8. The number of hydrogen-bond donors (Lipinski definition) is 4. The molecule has 0 spiro atoms. The van der Waals surface area contributed by atoms with Crippen molar-refractivity contribution < 1.29 is 29.3 Å². The average molecular weight is 475 g/mol. The lowest BCUT2D eigenvalue weighted by atomic mass is 9.98. The van der Waals surface area contributed by atoms with E-state index < -0.39 is 23.9 Å². The molecule has 0 saturated carbocycles. The van der Waals surface area contributed by atoms with Crippen molar-refractivity contribution in [3.05, 3.63) is 83.4 Å². The second-order valence-electron chi connectivity index (χ2n) is 8.34. The number of fused-ring (bicyclic) bond motifs is 3. The Labute approximate surface area is 202 Å². The van der Waals surface area contributed by atoms with Gasteiger partial charge in [-0.05, 0) is 46.9 Å². The summed E-state index contributed by atoms with van der Waals surface area (Å²) in [5.74, 6) is -2.61. The Bertz CT molecular complexity index is 1230. The number of carboxylic acids is 1. The van der Waals surface area contributed by atoms with Crippen molar-refractivity contribution in [2.45, 2.75) is 19.3 Å². The summed E-state index contributed by atoms with van der Waals surface area (Å²) < 4.78 is 5.51. The van der Waals surface area contributed by atoms with E-state index in [0.29, 0.717) is 6.42 Å². The van der Waals surface area contributed by atoms with Gasteiger partial charge in [0.2, 0.25) is 5.91 Å². The zero-order valence-electron chi connectivity index (χ0n) is 19.2. The minimum absolute atomic E-state index is 0.0273. The summed E-state index contributed by atoms with van der Waals surface area (Å²) in [6.45, 7) is 1.98. The molecule has 0 aromatic heterocycles. The lowest BCUT2D eigenvalue weighted by Gasteiger charge is -2.18. The summed E-state index contributed by atoms with van der Waals surface area (Å²) in [6.07, 6.45) is -0.218. The topological polar surface area (TPSA) is 125 Å². The summed E-state index contributed by atoms with van der Waals surface area (Å²) in [7, 11) is 0. The number of carbonyl (C=O) groups is 3. The monoisotopic (exact) mass is 474 g/mol. The van der Waals surface area contributed by atoms with Gasteiger partial charge >= 0.3 is 12.1 Å². The van der Waals surface area contributed by atoms with E-state index in [0.717, 1.165) is 28.3 Å². The van der Waals surface area contributed by atoms with Crippen LogP contribution in [-0.4, -0.2) is 41.3 Å². The maximum absolute atomic E-state index is 12.7. The summed E-state index contributed by atoms with van der Waals surface area (Å²) in [4.78, 5) is 36.5. The van der Waals surface area contributed by atoms with Crippen LogP contribution in [0.5, 0.6) is 5.75 Å². The molecule has 180 valence electrons. The van der Waals surface area contributed by atoms with E-state index >= 15 is 0 Å². The van der Waals surface area contributed by atoms with Crippen LogP contribution in [0.4, 0.5) is 10.5 Å². The number of phenols is 1. The first-order valence-corrected chi connectivity index (χ1v) is 11.3. The maximum Gasteiger partial charge on any atom is 0.407 e. The van der Waals surface area contributed by atoms with Crippen LogP contribution in [0.3, 0.4) is 0 Å². The van der Waals surface area contributed by atoms with Gasteiger partial charge in [0.05, 0.1) is 17.2 Å². The predicted octanol–water partition coefficient (Wildman–Crippen LogP) is 4.59. The molecule has 4 rings (SSSR count). The van der Waals surface area contributed by atoms with Crippen LogP contribution in [0.2, 0.25) is 0 Å². The van der Waals surface area contributed by atoms with Crippen molar-refractivity contribution in [3.8, 4) is 16.9 Å². The molecule has 8 heteroatoms. The quantitative estimate of drug-likeness (QED) is 0.354. The van der Waals surface area contributed by atoms with Gasteiger partial charge in [0, 0.05) is 12.5 Å². The highest BCUT2D eigenvalue weighted by atomic mass is 16.5. The average Bonchev–Trinajstić information content (AvgIpc) is 3.18. The molecular formula is C27H26N2O6. The van der Waals surface area contributed by atoms with Crippen molar-refractivity contribution in [1.29, 1.82) is 0 Å². The highest BCUT2D eigenvalue weighted by molar-refractivity contribution is 6.01. The SMILES string of the molecule is CCC(CNC(=O)OCC1c2ccccc2-c2ccccc21)C(=O)Nc1ccc(O)cc1C(=O)O. The highest BCUT2D eigenvalue weighted by Gasteiger charge is 2.29. The number of carbonyl (C=O) groups excluding carboxylic acids is 2. The van der Waals surface area contributed by atoms with Crippen molar-refractivity contribution >= 4 is 23.7 Å². The number of hydrogen-bond acceptors (Lipinski definition) is 5. The molecular weight excluding hydrogens is 448 g/mol. The third-order valence-electron chi connectivity index (χ3n) is 6.19. The molecule has 4 N–H and O–H groups in total. The molecule has 2 amide bonds. The van der Waals surface area contributed by atoms with E-state index in [4.69, 9.17) is 4.74 Å². The van der Waals surface area contributed by atoms with Gasteiger partial charge in [-0.25, -0.2) is 9.59 Å². The smallest absolute Gasteiger partial charge is 0.407 e. The molecule has 3 aromatic carbocycles. The molecule has 3 aromatic rings.